The molecule has 0 radical (unpaired) electrons. The monoisotopic (exact) mass is 410 g/mol. The smallest absolute Gasteiger partial charge is 0.258 e. The van der Waals surface area contributed by atoms with Gasteiger partial charge in [-0.3, -0.25) is 0 Å². The number of hydrogen-bond donors (Lipinski definition) is 0. The Balaban J connectivity index is 1.92. The minimum atomic E-state index is -0.552. The van der Waals surface area contributed by atoms with E-state index < -0.39 is 6.40 Å². The Bertz CT molecular complexity index is 1050. The van der Waals surface area contributed by atoms with Crippen molar-refractivity contribution in [3.05, 3.63) is 41.1 Å². The van der Waals surface area contributed by atoms with Crippen LogP contribution in [0.5, 0.6) is 5.75 Å². The Kier molecular flexibility index (Phi) is 6.20. The summed E-state index contributed by atoms with van der Waals surface area (Å²) in [4.78, 5) is 11.5. The molecule has 0 aliphatic carbocycles. The molecule has 0 aliphatic heterocycles. The molecule has 0 aliphatic rings. The van der Waals surface area contributed by atoms with Gasteiger partial charge in [0.2, 0.25) is 5.82 Å². The normalized spacial score (nSPS) is 13.0. The van der Waals surface area contributed by atoms with Crippen molar-refractivity contribution in [1.29, 1.82) is 0 Å². The molecule has 0 N–H and O–H groups in total. The second-order valence-corrected chi connectivity index (χ2v) is 7.19. The molecule has 30 heavy (non-hydrogen) atoms. The highest BCUT2D eigenvalue weighted by atomic mass is 16.5. The summed E-state index contributed by atoms with van der Waals surface area (Å²) in [5, 5.41) is 4.23. The number of nitrogens with zero attached hydrogens (tertiary/aromatic N) is 4. The van der Waals surface area contributed by atoms with Crippen LogP contribution in [-0.2, 0) is 6.42 Å². The zero-order valence-electron chi connectivity index (χ0n) is 20.5. The van der Waals surface area contributed by atoms with E-state index in [9.17, 15) is 0 Å². The Morgan fingerprint density at radius 2 is 1.87 bits per heavy atom. The molecule has 6 heteroatoms. The van der Waals surface area contributed by atoms with Gasteiger partial charge in [0.25, 0.3) is 5.89 Å². The molecule has 3 aromatic rings. The van der Waals surface area contributed by atoms with E-state index in [0.717, 1.165) is 59.0 Å². The predicted octanol–water partition coefficient (Wildman–Crippen LogP) is 5.61. The first kappa shape index (κ1) is 19.1. The third-order valence-electron chi connectivity index (χ3n) is 5.04. The summed E-state index contributed by atoms with van der Waals surface area (Å²) in [6.45, 7) is 12.2. The van der Waals surface area contributed by atoms with Gasteiger partial charge in [-0.1, -0.05) is 19.0 Å². The zero-order valence-corrected chi connectivity index (χ0v) is 18.5. The summed E-state index contributed by atoms with van der Waals surface area (Å²) in [5.74, 6) is 2.66. The van der Waals surface area contributed by atoms with Crippen LogP contribution < -0.4 is 9.64 Å². The van der Waals surface area contributed by atoms with Gasteiger partial charge < -0.3 is 14.2 Å². The highest BCUT2D eigenvalue weighted by Gasteiger charge is 2.16. The summed E-state index contributed by atoms with van der Waals surface area (Å²) in [6, 6.07) is 7.92. The largest absolute Gasteiger partial charge is 0.493 e. The number of rotatable bonds is 9. The molecule has 0 spiro atoms. The SMILES string of the molecule is [2H]C[C@H]([2H])COc1c(C)cc(-c2noc(-c3cc(C)nc(N(CC)CC)c3)n2)cc1CC. The number of aryl methyl sites for hydroxylation is 3. The molecule has 3 rings (SSSR count). The number of pyridine rings is 1. The standard InChI is InChI=1S/C24H32N4O2/c1-7-11-29-22-16(5)12-19(14-18(22)8-2)23-26-24(30-27-23)20-13-17(6)25-21(15-20)28(9-3)10-4/h12-15H,7-11H2,1-6H3/i1D,7D/t7-/m0/s1. The lowest BCUT2D eigenvalue weighted by molar-refractivity contribution is 0.312. The van der Waals surface area contributed by atoms with Gasteiger partial charge in [-0.2, -0.15) is 4.98 Å². The van der Waals surface area contributed by atoms with Crippen molar-refractivity contribution < 1.29 is 12.0 Å². The molecule has 0 saturated heterocycles. The van der Waals surface area contributed by atoms with Crippen LogP contribution in [0.3, 0.4) is 0 Å². The summed E-state index contributed by atoms with van der Waals surface area (Å²) in [6.07, 6.45) is 0.221. The number of ether oxygens (including phenoxy) is 1. The van der Waals surface area contributed by atoms with E-state index >= 15 is 0 Å². The quantitative estimate of drug-likeness (QED) is 0.457. The summed E-state index contributed by atoms with van der Waals surface area (Å²) in [7, 11) is 0. The first-order valence-corrected chi connectivity index (χ1v) is 10.5. The second-order valence-electron chi connectivity index (χ2n) is 7.19. The number of aromatic nitrogens is 3. The average Bonchev–Trinajstić information content (AvgIpc) is 3.28. The first-order valence-electron chi connectivity index (χ1n) is 11.7. The van der Waals surface area contributed by atoms with Crippen molar-refractivity contribution >= 4 is 5.82 Å². The lowest BCUT2D eigenvalue weighted by atomic mass is 10.0. The highest BCUT2D eigenvalue weighted by Crippen LogP contribution is 2.31. The van der Waals surface area contributed by atoms with E-state index in [1.807, 2.05) is 38.1 Å². The van der Waals surface area contributed by atoms with Crippen LogP contribution in [0.15, 0.2) is 28.8 Å². The average molecular weight is 411 g/mol. The minimum Gasteiger partial charge on any atom is -0.493 e. The van der Waals surface area contributed by atoms with Crippen LogP contribution in [0.25, 0.3) is 22.8 Å². The molecule has 0 bridgehead atoms. The molecule has 0 unspecified atom stereocenters. The number of hydrogen-bond acceptors (Lipinski definition) is 6. The molecule has 160 valence electrons. The summed E-state index contributed by atoms with van der Waals surface area (Å²) in [5.41, 5.74) is 4.58. The lowest BCUT2D eigenvalue weighted by Crippen LogP contribution is -2.23. The fourth-order valence-electron chi connectivity index (χ4n) is 3.53. The Morgan fingerprint density at radius 1 is 1.07 bits per heavy atom. The zero-order chi connectivity index (χ0) is 23.3. The Morgan fingerprint density at radius 3 is 2.57 bits per heavy atom. The van der Waals surface area contributed by atoms with E-state index in [-0.39, 0.29) is 13.5 Å². The van der Waals surface area contributed by atoms with Crippen LogP contribution in [-0.4, -0.2) is 34.8 Å². The molecule has 6 nitrogen and oxygen atoms in total. The van der Waals surface area contributed by atoms with Crippen molar-refractivity contribution in [1.82, 2.24) is 15.1 Å². The molecule has 1 atom stereocenters. The van der Waals surface area contributed by atoms with Crippen molar-refractivity contribution in [3.63, 3.8) is 0 Å². The van der Waals surface area contributed by atoms with E-state index in [0.29, 0.717) is 11.7 Å². The maximum Gasteiger partial charge on any atom is 0.258 e. The minimum absolute atomic E-state index is 0.0225. The molecule has 0 saturated carbocycles. The van der Waals surface area contributed by atoms with Gasteiger partial charge in [-0.15, -0.1) is 0 Å². The van der Waals surface area contributed by atoms with E-state index in [2.05, 4.69) is 40.8 Å². The van der Waals surface area contributed by atoms with Crippen LogP contribution in [0, 0.1) is 13.8 Å². The van der Waals surface area contributed by atoms with Crippen molar-refractivity contribution in [3.8, 4) is 28.6 Å². The number of benzene rings is 1. The fourth-order valence-corrected chi connectivity index (χ4v) is 3.53. The third kappa shape index (κ3) is 4.64. The fraction of sp³-hybridized carbons (Fsp3) is 0.458. The topological polar surface area (TPSA) is 64.3 Å². The molecule has 2 heterocycles. The molecule has 0 amide bonds. The van der Waals surface area contributed by atoms with Crippen molar-refractivity contribution in [2.45, 2.75) is 54.3 Å². The van der Waals surface area contributed by atoms with Crippen LogP contribution >= 0.6 is 0 Å². The molecular formula is C24H32N4O2. The van der Waals surface area contributed by atoms with Crippen molar-refractivity contribution in [2.75, 3.05) is 24.6 Å². The van der Waals surface area contributed by atoms with Crippen LogP contribution in [0.2, 0.25) is 0 Å². The third-order valence-corrected chi connectivity index (χ3v) is 5.04. The maximum absolute atomic E-state index is 7.76. The lowest BCUT2D eigenvalue weighted by Gasteiger charge is -2.20. The van der Waals surface area contributed by atoms with E-state index in [1.54, 1.807) is 0 Å². The Labute approximate surface area is 182 Å². The van der Waals surface area contributed by atoms with Gasteiger partial charge in [0.1, 0.15) is 11.6 Å². The summed E-state index contributed by atoms with van der Waals surface area (Å²) >= 11 is 0. The maximum atomic E-state index is 7.76. The molecule has 2 aromatic heterocycles. The van der Waals surface area contributed by atoms with Gasteiger partial charge in [-0.25, -0.2) is 4.98 Å². The van der Waals surface area contributed by atoms with Gasteiger partial charge in [0.05, 0.1) is 6.61 Å². The molecule has 1 aromatic carbocycles. The molecule has 0 fully saturated rings. The van der Waals surface area contributed by atoms with Crippen LogP contribution in [0.4, 0.5) is 5.82 Å². The van der Waals surface area contributed by atoms with Gasteiger partial charge in [-0.05, 0) is 75.9 Å². The van der Waals surface area contributed by atoms with Crippen LogP contribution in [0.1, 0.15) is 53.6 Å². The van der Waals surface area contributed by atoms with Gasteiger partial charge in [0, 0.05) is 32.7 Å². The highest BCUT2D eigenvalue weighted by molar-refractivity contribution is 5.65. The van der Waals surface area contributed by atoms with Gasteiger partial charge in [0.15, 0.2) is 0 Å². The Hall–Kier alpha value is -2.89. The van der Waals surface area contributed by atoms with Gasteiger partial charge >= 0.3 is 0 Å². The first-order chi connectivity index (χ1) is 15.4. The second kappa shape index (κ2) is 9.74. The molecular weight excluding hydrogens is 376 g/mol. The number of anilines is 1. The predicted molar refractivity (Wildman–Crippen MR) is 121 cm³/mol. The van der Waals surface area contributed by atoms with E-state index in [1.165, 1.54) is 0 Å². The van der Waals surface area contributed by atoms with Crippen molar-refractivity contribution in [2.24, 2.45) is 0 Å². The van der Waals surface area contributed by atoms with E-state index in [4.69, 9.17) is 12.0 Å². The summed E-state index contributed by atoms with van der Waals surface area (Å²) < 4.78 is 26.6.